The highest BCUT2D eigenvalue weighted by atomic mass is 35.5. The summed E-state index contributed by atoms with van der Waals surface area (Å²) in [4.78, 5) is 23.6. The second kappa shape index (κ2) is 10.2. The molecule has 0 aromatic heterocycles. The fourth-order valence-electron chi connectivity index (χ4n) is 2.13. The first-order valence-electron chi connectivity index (χ1n) is 8.24. The zero-order valence-electron chi connectivity index (χ0n) is 15.5. The van der Waals surface area contributed by atoms with E-state index in [4.69, 9.17) is 16.3 Å². The van der Waals surface area contributed by atoms with Gasteiger partial charge in [-0.3, -0.25) is 4.79 Å². The number of sulfone groups is 1. The molecule has 0 saturated heterocycles. The van der Waals surface area contributed by atoms with Crippen molar-refractivity contribution < 1.29 is 36.3 Å². The molecule has 2 rings (SSSR count). The Morgan fingerprint density at radius 3 is 2.43 bits per heavy atom. The van der Waals surface area contributed by atoms with Crippen molar-refractivity contribution in [3.8, 4) is 5.75 Å². The summed E-state index contributed by atoms with van der Waals surface area (Å²) >= 11 is 5.93. The Kier molecular flexibility index (Phi) is 7.90. The Labute approximate surface area is 176 Å². The molecule has 30 heavy (non-hydrogen) atoms. The van der Waals surface area contributed by atoms with Gasteiger partial charge in [-0.05, 0) is 42.0 Å². The molecule has 0 bridgehead atoms. The topological polar surface area (TPSA) is 98.8 Å². The predicted molar refractivity (Wildman–Crippen MR) is 106 cm³/mol. The van der Waals surface area contributed by atoms with Crippen molar-refractivity contribution in [1.29, 1.82) is 0 Å². The molecule has 1 amide bonds. The van der Waals surface area contributed by atoms with Gasteiger partial charge >= 0.3 is 12.6 Å². The lowest BCUT2D eigenvalue weighted by Crippen LogP contribution is -2.20. The minimum absolute atomic E-state index is 0.0278. The molecule has 0 heterocycles. The number of esters is 1. The van der Waals surface area contributed by atoms with E-state index in [0.29, 0.717) is 5.56 Å². The van der Waals surface area contributed by atoms with Gasteiger partial charge in [0.2, 0.25) is 0 Å². The molecule has 1 N–H and O–H groups in total. The standard InChI is InChI=1S/C19H16ClF2NO6S/c1-30(26,27)14-7-8-15(20)16(10-14)23-17(24)11-28-18(25)9-4-12-2-5-13(6-3-12)29-19(21)22/h2-10,19H,11H2,1H3,(H,23,24)/b9-4+. The van der Waals surface area contributed by atoms with Crippen LogP contribution in [-0.2, 0) is 24.2 Å². The number of halogens is 3. The largest absolute Gasteiger partial charge is 0.452 e. The number of anilines is 1. The van der Waals surface area contributed by atoms with Crippen LogP contribution in [0.1, 0.15) is 5.56 Å². The van der Waals surface area contributed by atoms with Crippen molar-refractivity contribution in [3.05, 3.63) is 59.1 Å². The minimum Gasteiger partial charge on any atom is -0.452 e. The Balaban J connectivity index is 1.89. The maximum absolute atomic E-state index is 12.1. The Morgan fingerprint density at radius 1 is 1.17 bits per heavy atom. The molecule has 0 fully saturated rings. The van der Waals surface area contributed by atoms with Crippen LogP contribution in [0.5, 0.6) is 5.75 Å². The lowest BCUT2D eigenvalue weighted by molar-refractivity contribution is -0.142. The molecule has 2 aromatic rings. The highest BCUT2D eigenvalue weighted by Crippen LogP contribution is 2.25. The molecule has 0 atom stereocenters. The van der Waals surface area contributed by atoms with Gasteiger partial charge in [0, 0.05) is 12.3 Å². The molecular weight excluding hydrogens is 444 g/mol. The van der Waals surface area contributed by atoms with E-state index in [1.54, 1.807) is 0 Å². The van der Waals surface area contributed by atoms with Gasteiger partial charge in [-0.25, -0.2) is 13.2 Å². The molecule has 0 aliphatic rings. The molecule has 0 spiro atoms. The average molecular weight is 460 g/mol. The molecule has 0 radical (unpaired) electrons. The number of carbonyl (C=O) groups excluding carboxylic acids is 2. The average Bonchev–Trinajstić information content (AvgIpc) is 2.66. The van der Waals surface area contributed by atoms with Crippen LogP contribution < -0.4 is 10.1 Å². The van der Waals surface area contributed by atoms with Crippen LogP contribution in [-0.4, -0.2) is 39.8 Å². The lowest BCUT2D eigenvalue weighted by atomic mass is 10.2. The third kappa shape index (κ3) is 7.45. The molecular formula is C19H16ClF2NO6S. The van der Waals surface area contributed by atoms with E-state index >= 15 is 0 Å². The minimum atomic E-state index is -3.50. The highest BCUT2D eigenvalue weighted by molar-refractivity contribution is 7.90. The Morgan fingerprint density at radius 2 is 1.83 bits per heavy atom. The third-order valence-corrected chi connectivity index (χ3v) is 4.94. The van der Waals surface area contributed by atoms with E-state index in [1.807, 2.05) is 0 Å². The second-order valence-electron chi connectivity index (χ2n) is 5.85. The van der Waals surface area contributed by atoms with Crippen LogP contribution in [0.15, 0.2) is 53.4 Å². The fourth-order valence-corrected chi connectivity index (χ4v) is 2.94. The van der Waals surface area contributed by atoms with E-state index in [1.165, 1.54) is 48.5 Å². The van der Waals surface area contributed by atoms with Gasteiger partial charge in [0.1, 0.15) is 5.75 Å². The van der Waals surface area contributed by atoms with Gasteiger partial charge < -0.3 is 14.8 Å². The van der Waals surface area contributed by atoms with Crippen molar-refractivity contribution in [2.75, 3.05) is 18.2 Å². The summed E-state index contributed by atoms with van der Waals surface area (Å²) in [6.07, 6.45) is 3.42. The van der Waals surface area contributed by atoms with Crippen molar-refractivity contribution in [1.82, 2.24) is 0 Å². The zero-order valence-corrected chi connectivity index (χ0v) is 17.0. The van der Waals surface area contributed by atoms with Gasteiger partial charge in [-0.1, -0.05) is 23.7 Å². The number of rotatable bonds is 8. The number of amides is 1. The SMILES string of the molecule is CS(=O)(=O)c1ccc(Cl)c(NC(=O)COC(=O)/C=C/c2ccc(OC(F)F)cc2)c1. The summed E-state index contributed by atoms with van der Waals surface area (Å²) in [5.74, 6) is -1.58. The van der Waals surface area contributed by atoms with E-state index in [2.05, 4.69) is 10.1 Å². The summed E-state index contributed by atoms with van der Waals surface area (Å²) < 4.78 is 56.3. The van der Waals surface area contributed by atoms with Crippen molar-refractivity contribution in [3.63, 3.8) is 0 Å². The predicted octanol–water partition coefficient (Wildman–Crippen LogP) is 3.54. The number of benzene rings is 2. The summed E-state index contributed by atoms with van der Waals surface area (Å²) in [6.45, 7) is -3.57. The molecule has 0 aliphatic carbocycles. The van der Waals surface area contributed by atoms with Crippen LogP contribution in [0.4, 0.5) is 14.5 Å². The summed E-state index contributed by atoms with van der Waals surface area (Å²) in [5, 5.41) is 2.47. The molecule has 0 aliphatic heterocycles. The number of alkyl halides is 2. The second-order valence-corrected chi connectivity index (χ2v) is 8.27. The van der Waals surface area contributed by atoms with E-state index in [0.717, 1.165) is 12.3 Å². The molecule has 160 valence electrons. The van der Waals surface area contributed by atoms with E-state index < -0.39 is 34.9 Å². The summed E-state index contributed by atoms with van der Waals surface area (Å²) in [5.41, 5.74) is 0.574. The highest BCUT2D eigenvalue weighted by Gasteiger charge is 2.13. The maximum atomic E-state index is 12.1. The van der Waals surface area contributed by atoms with E-state index in [9.17, 15) is 26.8 Å². The van der Waals surface area contributed by atoms with E-state index in [-0.39, 0.29) is 21.4 Å². The monoisotopic (exact) mass is 459 g/mol. The summed E-state index contributed by atoms with van der Waals surface area (Å²) in [7, 11) is -3.50. The van der Waals surface area contributed by atoms with Crippen LogP contribution in [0, 0.1) is 0 Å². The maximum Gasteiger partial charge on any atom is 0.387 e. The quantitative estimate of drug-likeness (QED) is 0.479. The number of hydrogen-bond donors (Lipinski definition) is 1. The number of carbonyl (C=O) groups is 2. The Hall–Kier alpha value is -2.98. The molecule has 0 saturated carbocycles. The van der Waals surface area contributed by atoms with Crippen molar-refractivity contribution >= 4 is 45.1 Å². The molecule has 7 nitrogen and oxygen atoms in total. The van der Waals surface area contributed by atoms with Gasteiger partial charge in [0.05, 0.1) is 15.6 Å². The fraction of sp³-hybridized carbons (Fsp3) is 0.158. The number of hydrogen-bond acceptors (Lipinski definition) is 6. The van der Waals surface area contributed by atoms with Crippen molar-refractivity contribution in [2.45, 2.75) is 11.5 Å². The van der Waals surface area contributed by atoms with Crippen LogP contribution in [0.25, 0.3) is 6.08 Å². The van der Waals surface area contributed by atoms with Crippen LogP contribution in [0.3, 0.4) is 0 Å². The third-order valence-electron chi connectivity index (χ3n) is 3.50. The van der Waals surface area contributed by atoms with Crippen LogP contribution in [0.2, 0.25) is 5.02 Å². The lowest BCUT2D eigenvalue weighted by Gasteiger charge is -2.09. The van der Waals surface area contributed by atoms with Gasteiger partial charge in [-0.15, -0.1) is 0 Å². The zero-order chi connectivity index (χ0) is 22.3. The first-order chi connectivity index (χ1) is 14.0. The Bertz CT molecular complexity index is 1060. The number of ether oxygens (including phenoxy) is 2. The molecule has 11 heteroatoms. The first kappa shape index (κ1) is 23.3. The van der Waals surface area contributed by atoms with Gasteiger partial charge in [0.25, 0.3) is 5.91 Å². The molecule has 0 unspecified atom stereocenters. The molecule has 2 aromatic carbocycles. The summed E-state index contributed by atoms with van der Waals surface area (Å²) in [6, 6.07) is 9.32. The first-order valence-corrected chi connectivity index (χ1v) is 10.5. The number of nitrogens with one attached hydrogen (secondary N) is 1. The van der Waals surface area contributed by atoms with Crippen molar-refractivity contribution in [2.24, 2.45) is 0 Å². The smallest absolute Gasteiger partial charge is 0.387 e. The van der Waals surface area contributed by atoms with Gasteiger partial charge in [-0.2, -0.15) is 8.78 Å². The normalized spacial score (nSPS) is 11.5. The van der Waals surface area contributed by atoms with Crippen LogP contribution >= 0.6 is 11.6 Å². The van der Waals surface area contributed by atoms with Gasteiger partial charge in [0.15, 0.2) is 16.4 Å².